The quantitative estimate of drug-likeness (QED) is 0.354. The molecule has 2 fully saturated rings. The molecule has 41 heavy (non-hydrogen) atoms. The molecule has 1 aliphatic carbocycles. The Hall–Kier alpha value is -2.56. The third kappa shape index (κ3) is 8.96. The van der Waals surface area contributed by atoms with E-state index in [2.05, 4.69) is 58.8 Å². The monoisotopic (exact) mass is 584 g/mol. The van der Waals surface area contributed by atoms with E-state index >= 15 is 0 Å². The van der Waals surface area contributed by atoms with Gasteiger partial charge in [-0.15, -0.1) is 11.3 Å². The fourth-order valence-electron chi connectivity index (χ4n) is 5.93. The van der Waals surface area contributed by atoms with Crippen molar-refractivity contribution in [1.82, 2.24) is 30.7 Å². The van der Waals surface area contributed by atoms with Gasteiger partial charge in [-0.05, 0) is 49.4 Å². The van der Waals surface area contributed by atoms with Crippen LogP contribution in [0.15, 0.2) is 18.2 Å². The van der Waals surface area contributed by atoms with Gasteiger partial charge in [0.1, 0.15) is 6.04 Å². The van der Waals surface area contributed by atoms with Crippen LogP contribution in [0, 0.1) is 11.8 Å². The standard InChI is InChI=1S/C31H48N6O3S/c1-20(2)24-10-11-25-28(16-24)41-29(34-25)17-26(33-22(4)38)31(40)35-27(23-8-6-7-9-23)18-32-30(39)21(3)19-37-14-12-36(5)13-15-37/h10-11,16,20-21,23,26-27H,6-9,12-15,17-19H2,1-5H3,(H,32,39)(H,33,38)(H,35,40)/t21?,26-,27?/m0/s1. The van der Waals surface area contributed by atoms with Gasteiger partial charge in [0.15, 0.2) is 0 Å². The Morgan fingerprint density at radius 2 is 1.73 bits per heavy atom. The van der Waals surface area contributed by atoms with E-state index in [1.807, 2.05) is 13.0 Å². The zero-order valence-electron chi connectivity index (χ0n) is 25.4. The molecule has 1 saturated carbocycles. The van der Waals surface area contributed by atoms with Crippen molar-refractivity contribution in [2.24, 2.45) is 11.8 Å². The topological polar surface area (TPSA) is 107 Å². The van der Waals surface area contributed by atoms with Gasteiger partial charge in [-0.2, -0.15) is 0 Å². The molecule has 0 bridgehead atoms. The first kappa shape index (κ1) is 31.4. The second-order valence-electron chi connectivity index (χ2n) is 12.4. The summed E-state index contributed by atoms with van der Waals surface area (Å²) in [6, 6.07) is 5.39. The van der Waals surface area contributed by atoms with E-state index in [9.17, 15) is 14.4 Å². The lowest BCUT2D eigenvalue weighted by atomic mass is 9.97. The van der Waals surface area contributed by atoms with E-state index in [0.717, 1.165) is 73.6 Å². The number of hydrogen-bond donors (Lipinski definition) is 3. The highest BCUT2D eigenvalue weighted by Crippen LogP contribution is 2.29. The summed E-state index contributed by atoms with van der Waals surface area (Å²) in [4.78, 5) is 48.1. The van der Waals surface area contributed by atoms with Crippen molar-refractivity contribution in [2.45, 2.75) is 77.8 Å². The Balaban J connectivity index is 1.39. The molecule has 0 radical (unpaired) electrons. The fraction of sp³-hybridized carbons (Fsp3) is 0.677. The molecule has 2 aliphatic rings. The largest absolute Gasteiger partial charge is 0.354 e. The molecule has 2 unspecified atom stereocenters. The van der Waals surface area contributed by atoms with Crippen molar-refractivity contribution >= 4 is 39.3 Å². The van der Waals surface area contributed by atoms with Gasteiger partial charge >= 0.3 is 0 Å². The van der Waals surface area contributed by atoms with Crippen molar-refractivity contribution < 1.29 is 14.4 Å². The number of nitrogens with one attached hydrogen (secondary N) is 3. The van der Waals surface area contributed by atoms with Crippen LogP contribution in [0.1, 0.15) is 69.9 Å². The first-order chi connectivity index (χ1) is 19.6. The molecule has 9 nitrogen and oxygen atoms in total. The van der Waals surface area contributed by atoms with Crippen LogP contribution in [0.4, 0.5) is 0 Å². The maximum absolute atomic E-state index is 13.6. The minimum absolute atomic E-state index is 0.0230. The molecule has 3 atom stereocenters. The molecule has 10 heteroatoms. The highest BCUT2D eigenvalue weighted by Gasteiger charge is 2.31. The number of amides is 3. The lowest BCUT2D eigenvalue weighted by Gasteiger charge is -2.33. The summed E-state index contributed by atoms with van der Waals surface area (Å²) in [6.45, 7) is 12.9. The molecule has 4 rings (SSSR count). The smallest absolute Gasteiger partial charge is 0.243 e. The summed E-state index contributed by atoms with van der Waals surface area (Å²) in [5.74, 6) is 0.152. The van der Waals surface area contributed by atoms with Crippen LogP contribution in [0.3, 0.4) is 0 Å². The van der Waals surface area contributed by atoms with E-state index < -0.39 is 6.04 Å². The lowest BCUT2D eigenvalue weighted by Crippen LogP contribution is -2.55. The van der Waals surface area contributed by atoms with Crippen LogP contribution in [0.2, 0.25) is 0 Å². The van der Waals surface area contributed by atoms with Crippen LogP contribution < -0.4 is 16.0 Å². The zero-order valence-corrected chi connectivity index (χ0v) is 26.2. The number of carbonyl (C=O) groups excluding carboxylic acids is 3. The van der Waals surface area contributed by atoms with Crippen LogP contribution in [0.5, 0.6) is 0 Å². The zero-order chi connectivity index (χ0) is 29.5. The van der Waals surface area contributed by atoms with E-state index in [-0.39, 0.29) is 29.7 Å². The number of thiazole rings is 1. The number of carbonyl (C=O) groups is 3. The van der Waals surface area contributed by atoms with E-state index in [1.54, 1.807) is 11.3 Å². The molecule has 1 saturated heterocycles. The van der Waals surface area contributed by atoms with Gasteiger partial charge in [0.25, 0.3) is 0 Å². The molecule has 3 amide bonds. The maximum Gasteiger partial charge on any atom is 0.243 e. The summed E-state index contributed by atoms with van der Waals surface area (Å²) < 4.78 is 1.09. The Morgan fingerprint density at radius 3 is 2.39 bits per heavy atom. The normalized spacial score (nSPS) is 19.3. The second-order valence-corrected chi connectivity index (χ2v) is 13.5. The molecule has 1 aromatic heterocycles. The number of fused-ring (bicyclic) bond motifs is 1. The second kappa shape index (κ2) is 14.6. The summed E-state index contributed by atoms with van der Waals surface area (Å²) in [6.07, 6.45) is 4.64. The molecular weight excluding hydrogens is 536 g/mol. The highest BCUT2D eigenvalue weighted by molar-refractivity contribution is 7.18. The minimum atomic E-state index is -0.728. The molecule has 1 aromatic carbocycles. The molecule has 1 aliphatic heterocycles. The van der Waals surface area contributed by atoms with Crippen molar-refractivity contribution in [1.29, 1.82) is 0 Å². The molecule has 2 aromatic rings. The third-order valence-corrected chi connectivity index (χ3v) is 9.60. The van der Waals surface area contributed by atoms with Crippen LogP contribution in [-0.2, 0) is 20.8 Å². The third-order valence-electron chi connectivity index (χ3n) is 8.56. The van der Waals surface area contributed by atoms with Crippen LogP contribution >= 0.6 is 11.3 Å². The average molecular weight is 585 g/mol. The Kier molecular flexibility index (Phi) is 11.1. The van der Waals surface area contributed by atoms with Gasteiger partial charge in [-0.3, -0.25) is 14.4 Å². The summed E-state index contributed by atoms with van der Waals surface area (Å²) in [5, 5.41) is 10.0. The fourth-order valence-corrected chi connectivity index (χ4v) is 6.99. The van der Waals surface area contributed by atoms with Crippen LogP contribution in [-0.4, -0.2) is 90.9 Å². The predicted octanol–water partition coefficient (Wildman–Crippen LogP) is 3.14. The number of aromatic nitrogens is 1. The van der Waals surface area contributed by atoms with E-state index in [0.29, 0.717) is 24.8 Å². The predicted molar refractivity (Wildman–Crippen MR) is 165 cm³/mol. The van der Waals surface area contributed by atoms with Gasteiger partial charge < -0.3 is 25.8 Å². The summed E-state index contributed by atoms with van der Waals surface area (Å²) in [5.41, 5.74) is 2.16. The number of piperazine rings is 1. The number of likely N-dealkylation sites (N-methyl/N-ethyl adjacent to an activating group) is 1. The summed E-state index contributed by atoms with van der Waals surface area (Å²) >= 11 is 1.57. The lowest BCUT2D eigenvalue weighted by molar-refractivity contribution is -0.129. The minimum Gasteiger partial charge on any atom is -0.354 e. The van der Waals surface area contributed by atoms with Gasteiger partial charge in [-0.1, -0.05) is 39.7 Å². The van der Waals surface area contributed by atoms with Crippen molar-refractivity contribution in [2.75, 3.05) is 46.3 Å². The van der Waals surface area contributed by atoms with Gasteiger partial charge in [0, 0.05) is 64.6 Å². The van der Waals surface area contributed by atoms with Crippen molar-refractivity contribution in [3.05, 3.63) is 28.8 Å². The molecule has 2 heterocycles. The first-order valence-electron chi connectivity index (χ1n) is 15.2. The van der Waals surface area contributed by atoms with E-state index in [4.69, 9.17) is 4.98 Å². The van der Waals surface area contributed by atoms with Crippen molar-refractivity contribution in [3.8, 4) is 0 Å². The molecule has 226 valence electrons. The number of nitrogens with zero attached hydrogens (tertiary/aromatic N) is 3. The van der Waals surface area contributed by atoms with Gasteiger partial charge in [0.05, 0.1) is 15.2 Å². The number of rotatable bonds is 12. The SMILES string of the molecule is CC(=O)N[C@@H](Cc1nc2ccc(C(C)C)cc2s1)C(=O)NC(CNC(=O)C(C)CN1CCN(C)CC1)C1CCCC1. The van der Waals surface area contributed by atoms with E-state index in [1.165, 1.54) is 12.5 Å². The highest BCUT2D eigenvalue weighted by atomic mass is 32.1. The van der Waals surface area contributed by atoms with Gasteiger partial charge in [0.2, 0.25) is 17.7 Å². The summed E-state index contributed by atoms with van der Waals surface area (Å²) in [7, 11) is 2.13. The Bertz CT molecular complexity index is 1190. The Labute approximate surface area is 248 Å². The molecular formula is C31H48N6O3S. The number of benzene rings is 1. The van der Waals surface area contributed by atoms with Crippen LogP contribution in [0.25, 0.3) is 10.2 Å². The average Bonchev–Trinajstić information content (AvgIpc) is 3.61. The first-order valence-corrected chi connectivity index (χ1v) is 16.1. The van der Waals surface area contributed by atoms with Crippen molar-refractivity contribution in [3.63, 3.8) is 0 Å². The molecule has 3 N–H and O–H groups in total. The number of hydrogen-bond acceptors (Lipinski definition) is 7. The Morgan fingerprint density at radius 1 is 1.02 bits per heavy atom. The maximum atomic E-state index is 13.6. The van der Waals surface area contributed by atoms with Gasteiger partial charge in [-0.25, -0.2) is 4.98 Å². The molecule has 0 spiro atoms.